The quantitative estimate of drug-likeness (QED) is 0.912. The molecule has 1 aromatic carbocycles. The number of hydrogen-bond donors (Lipinski definition) is 1. The summed E-state index contributed by atoms with van der Waals surface area (Å²) in [7, 11) is -3.53. The summed E-state index contributed by atoms with van der Waals surface area (Å²) >= 11 is 0. The first kappa shape index (κ1) is 15.0. The molecule has 1 saturated heterocycles. The Morgan fingerprint density at radius 3 is 2.62 bits per heavy atom. The molecule has 5 nitrogen and oxygen atoms in total. The molecule has 0 amide bonds. The van der Waals surface area contributed by atoms with Crippen LogP contribution in [-0.4, -0.2) is 49.7 Å². The molecular weight excluding hydrogens is 290 g/mol. The van der Waals surface area contributed by atoms with E-state index >= 15 is 0 Å². The van der Waals surface area contributed by atoms with Crippen molar-refractivity contribution in [1.82, 2.24) is 4.31 Å². The highest BCUT2D eigenvalue weighted by Crippen LogP contribution is 2.34. The lowest BCUT2D eigenvalue weighted by Crippen LogP contribution is -2.53. The largest absolute Gasteiger partial charge is 0.393 e. The number of sulfonamides is 1. The second kappa shape index (κ2) is 6.04. The van der Waals surface area contributed by atoms with Gasteiger partial charge in [-0.05, 0) is 25.0 Å². The Morgan fingerprint density at radius 1 is 1.19 bits per heavy atom. The van der Waals surface area contributed by atoms with E-state index in [9.17, 15) is 13.5 Å². The van der Waals surface area contributed by atoms with Gasteiger partial charge in [-0.25, -0.2) is 8.42 Å². The highest BCUT2D eigenvalue weighted by atomic mass is 32.2. The van der Waals surface area contributed by atoms with Gasteiger partial charge >= 0.3 is 0 Å². The Morgan fingerprint density at radius 2 is 1.95 bits per heavy atom. The van der Waals surface area contributed by atoms with Crippen molar-refractivity contribution >= 4 is 10.0 Å². The van der Waals surface area contributed by atoms with Gasteiger partial charge in [0.05, 0.1) is 30.3 Å². The number of aliphatic hydroxyl groups is 1. The molecule has 2 aliphatic rings. The average Bonchev–Trinajstić information content (AvgIpc) is 2.94. The molecule has 1 aromatic rings. The van der Waals surface area contributed by atoms with Crippen molar-refractivity contribution in [2.75, 3.05) is 19.8 Å². The lowest BCUT2D eigenvalue weighted by Gasteiger charge is -2.39. The van der Waals surface area contributed by atoms with Crippen LogP contribution in [0.15, 0.2) is 35.2 Å². The minimum atomic E-state index is -3.53. The van der Waals surface area contributed by atoms with Crippen LogP contribution in [0.2, 0.25) is 0 Å². The molecule has 2 fully saturated rings. The van der Waals surface area contributed by atoms with E-state index in [0.717, 1.165) is 19.3 Å². The Labute approximate surface area is 125 Å². The summed E-state index contributed by atoms with van der Waals surface area (Å²) in [6.45, 7) is 1.13. The summed E-state index contributed by atoms with van der Waals surface area (Å²) in [6.07, 6.45) is 2.13. The number of aliphatic hydroxyl groups excluding tert-OH is 1. The zero-order chi connectivity index (χ0) is 14.9. The van der Waals surface area contributed by atoms with Crippen LogP contribution in [0.3, 0.4) is 0 Å². The summed E-state index contributed by atoms with van der Waals surface area (Å²) in [4.78, 5) is 0.310. The number of benzene rings is 1. The van der Waals surface area contributed by atoms with Crippen molar-refractivity contribution in [2.24, 2.45) is 5.92 Å². The number of rotatable bonds is 3. The Bertz CT molecular complexity index is 575. The van der Waals surface area contributed by atoms with E-state index in [-0.39, 0.29) is 12.0 Å². The number of hydrogen-bond acceptors (Lipinski definition) is 4. The van der Waals surface area contributed by atoms with Gasteiger partial charge < -0.3 is 9.84 Å². The normalized spacial score (nSPS) is 31.4. The van der Waals surface area contributed by atoms with Crippen LogP contribution in [-0.2, 0) is 14.8 Å². The van der Waals surface area contributed by atoms with Crippen LogP contribution in [0, 0.1) is 5.92 Å². The molecule has 6 heteroatoms. The molecule has 0 bridgehead atoms. The van der Waals surface area contributed by atoms with E-state index in [1.807, 2.05) is 0 Å². The second-order valence-electron chi connectivity index (χ2n) is 5.73. The highest BCUT2D eigenvalue weighted by Gasteiger charge is 2.42. The first-order valence-corrected chi connectivity index (χ1v) is 8.87. The summed E-state index contributed by atoms with van der Waals surface area (Å²) in [5.74, 6) is -0.0243. The monoisotopic (exact) mass is 311 g/mol. The molecule has 1 N–H and O–H groups in total. The fourth-order valence-electron chi connectivity index (χ4n) is 3.39. The third kappa shape index (κ3) is 2.85. The minimum absolute atomic E-state index is 0.0243. The fourth-order valence-corrected chi connectivity index (χ4v) is 5.05. The Kier molecular flexibility index (Phi) is 4.31. The topological polar surface area (TPSA) is 66.8 Å². The van der Waals surface area contributed by atoms with Crippen molar-refractivity contribution in [2.45, 2.75) is 36.3 Å². The van der Waals surface area contributed by atoms with Gasteiger partial charge in [-0.3, -0.25) is 0 Å². The van der Waals surface area contributed by atoms with Crippen molar-refractivity contribution < 1.29 is 18.3 Å². The third-order valence-corrected chi connectivity index (χ3v) is 6.43. The van der Waals surface area contributed by atoms with E-state index in [1.54, 1.807) is 30.3 Å². The molecule has 1 heterocycles. The van der Waals surface area contributed by atoms with E-state index in [4.69, 9.17) is 4.74 Å². The molecule has 1 aliphatic carbocycles. The van der Waals surface area contributed by atoms with Gasteiger partial charge in [0.1, 0.15) is 0 Å². The van der Waals surface area contributed by atoms with Crippen LogP contribution in [0.1, 0.15) is 19.3 Å². The molecule has 3 rings (SSSR count). The summed E-state index contributed by atoms with van der Waals surface area (Å²) in [6, 6.07) is 8.23. The van der Waals surface area contributed by atoms with E-state index < -0.39 is 16.1 Å². The molecular formula is C15H21NO4S. The lowest BCUT2D eigenvalue weighted by atomic mass is 9.96. The number of morpholine rings is 1. The SMILES string of the molecule is O=S(=O)(c1ccccc1)N1CCOC[C@@H]1[C@@H]1CCC[C@@H]1O. The van der Waals surface area contributed by atoms with Crippen molar-refractivity contribution in [3.63, 3.8) is 0 Å². The minimum Gasteiger partial charge on any atom is -0.393 e. The predicted molar refractivity (Wildman–Crippen MR) is 78.3 cm³/mol. The van der Waals surface area contributed by atoms with Gasteiger partial charge in [0, 0.05) is 12.5 Å². The highest BCUT2D eigenvalue weighted by molar-refractivity contribution is 7.89. The Hall–Kier alpha value is -0.950. The zero-order valence-corrected chi connectivity index (χ0v) is 12.7. The summed E-state index contributed by atoms with van der Waals surface area (Å²) in [5.41, 5.74) is 0. The van der Waals surface area contributed by atoms with E-state index in [1.165, 1.54) is 4.31 Å². The molecule has 116 valence electrons. The summed E-state index contributed by atoms with van der Waals surface area (Å²) in [5, 5.41) is 10.1. The summed E-state index contributed by atoms with van der Waals surface area (Å²) < 4.78 is 32.7. The van der Waals surface area contributed by atoms with Crippen LogP contribution in [0.4, 0.5) is 0 Å². The first-order chi connectivity index (χ1) is 10.1. The predicted octanol–water partition coefficient (Wildman–Crippen LogP) is 1.24. The van der Waals surface area contributed by atoms with Crippen LogP contribution in [0.5, 0.6) is 0 Å². The van der Waals surface area contributed by atoms with Gasteiger partial charge in [0.25, 0.3) is 0 Å². The lowest BCUT2D eigenvalue weighted by molar-refractivity contribution is -0.0148. The van der Waals surface area contributed by atoms with Gasteiger partial charge in [-0.1, -0.05) is 24.6 Å². The van der Waals surface area contributed by atoms with Crippen LogP contribution >= 0.6 is 0 Å². The van der Waals surface area contributed by atoms with Crippen LogP contribution in [0.25, 0.3) is 0 Å². The first-order valence-electron chi connectivity index (χ1n) is 7.43. The molecule has 0 unspecified atom stereocenters. The molecule has 3 atom stereocenters. The van der Waals surface area contributed by atoms with E-state index in [2.05, 4.69) is 0 Å². The van der Waals surface area contributed by atoms with E-state index in [0.29, 0.717) is 24.7 Å². The molecule has 21 heavy (non-hydrogen) atoms. The maximum atomic E-state index is 12.8. The molecule has 0 aromatic heterocycles. The number of nitrogens with zero attached hydrogens (tertiary/aromatic N) is 1. The molecule has 0 spiro atoms. The maximum absolute atomic E-state index is 12.8. The van der Waals surface area contributed by atoms with Crippen molar-refractivity contribution in [3.8, 4) is 0 Å². The third-order valence-electron chi connectivity index (χ3n) is 4.49. The van der Waals surface area contributed by atoms with Crippen molar-refractivity contribution in [1.29, 1.82) is 0 Å². The second-order valence-corrected chi connectivity index (χ2v) is 7.62. The zero-order valence-electron chi connectivity index (χ0n) is 11.9. The van der Waals surface area contributed by atoms with Gasteiger partial charge in [-0.2, -0.15) is 4.31 Å². The van der Waals surface area contributed by atoms with Crippen LogP contribution < -0.4 is 0 Å². The maximum Gasteiger partial charge on any atom is 0.243 e. The molecule has 0 radical (unpaired) electrons. The molecule has 1 aliphatic heterocycles. The van der Waals surface area contributed by atoms with Gasteiger partial charge in [0.15, 0.2) is 0 Å². The molecule has 1 saturated carbocycles. The standard InChI is InChI=1S/C15H21NO4S/c17-15-8-4-7-13(15)14-11-20-10-9-16(14)21(18,19)12-5-2-1-3-6-12/h1-3,5-6,13-15,17H,4,7-11H2/t13-,14+,15-/m0/s1. The smallest absolute Gasteiger partial charge is 0.243 e. The van der Waals surface area contributed by atoms with Gasteiger partial charge in [0.2, 0.25) is 10.0 Å². The average molecular weight is 311 g/mol. The van der Waals surface area contributed by atoms with Gasteiger partial charge in [-0.15, -0.1) is 0 Å². The van der Waals surface area contributed by atoms with Crippen molar-refractivity contribution in [3.05, 3.63) is 30.3 Å². The fraction of sp³-hybridized carbons (Fsp3) is 0.600. The number of ether oxygens (including phenoxy) is 1. The Balaban J connectivity index is 1.91.